The van der Waals surface area contributed by atoms with Crippen molar-refractivity contribution in [3.05, 3.63) is 125 Å². The molecular formula is C35H35ClFN3O6S. The van der Waals surface area contributed by atoms with Crippen LogP contribution >= 0.6 is 11.6 Å². The third kappa shape index (κ3) is 9.77. The Labute approximate surface area is 278 Å². The second-order valence-corrected chi connectivity index (χ2v) is 13.2. The highest BCUT2D eigenvalue weighted by Crippen LogP contribution is 2.21. The van der Waals surface area contributed by atoms with Crippen LogP contribution in [0.3, 0.4) is 0 Å². The molecular weight excluding hydrogens is 645 g/mol. The van der Waals surface area contributed by atoms with E-state index in [2.05, 4.69) is 10.0 Å². The van der Waals surface area contributed by atoms with Crippen LogP contribution in [0.15, 0.2) is 108 Å². The number of hydrogen-bond acceptors (Lipinski definition) is 6. The summed E-state index contributed by atoms with van der Waals surface area (Å²) >= 11 is 6.11. The minimum absolute atomic E-state index is 0.0456. The summed E-state index contributed by atoms with van der Waals surface area (Å²) in [6.07, 6.45) is 1.99. The molecule has 0 bridgehead atoms. The predicted molar refractivity (Wildman–Crippen MR) is 177 cm³/mol. The van der Waals surface area contributed by atoms with E-state index >= 15 is 0 Å². The lowest BCUT2D eigenvalue weighted by Gasteiger charge is -2.31. The molecule has 0 radical (unpaired) electrons. The molecule has 0 aromatic heterocycles. The number of nitrogens with zero attached hydrogens (tertiary/aromatic N) is 1. The van der Waals surface area contributed by atoms with Gasteiger partial charge >= 0.3 is 0 Å². The zero-order chi connectivity index (χ0) is 33.2. The van der Waals surface area contributed by atoms with E-state index in [4.69, 9.17) is 21.1 Å². The van der Waals surface area contributed by atoms with Crippen LogP contribution in [-0.4, -0.2) is 57.0 Å². The molecule has 1 saturated heterocycles. The summed E-state index contributed by atoms with van der Waals surface area (Å²) in [6, 6.07) is 26.1. The van der Waals surface area contributed by atoms with E-state index < -0.39 is 34.4 Å². The molecule has 0 aliphatic carbocycles. The molecule has 2 N–H and O–H groups in total. The molecule has 4 aromatic carbocycles. The fourth-order valence-electron chi connectivity index (χ4n) is 5.15. The number of halogens is 2. The van der Waals surface area contributed by atoms with Gasteiger partial charge in [-0.05, 0) is 84.6 Å². The summed E-state index contributed by atoms with van der Waals surface area (Å²) < 4.78 is 52.7. The summed E-state index contributed by atoms with van der Waals surface area (Å²) in [5, 5.41) is 3.53. The van der Waals surface area contributed by atoms with Gasteiger partial charge in [0.25, 0.3) is 15.9 Å². The average Bonchev–Trinajstić information content (AvgIpc) is 3.60. The molecule has 0 spiro atoms. The zero-order valence-corrected chi connectivity index (χ0v) is 27.1. The molecule has 9 nitrogen and oxygen atoms in total. The summed E-state index contributed by atoms with van der Waals surface area (Å²) in [5.41, 5.74) is 1.87. The van der Waals surface area contributed by atoms with E-state index in [-0.39, 0.29) is 41.3 Å². The van der Waals surface area contributed by atoms with Crippen LogP contribution in [0.2, 0.25) is 5.02 Å². The third-order valence-electron chi connectivity index (χ3n) is 7.66. The topological polar surface area (TPSA) is 114 Å². The zero-order valence-electron chi connectivity index (χ0n) is 25.5. The fourth-order valence-corrected chi connectivity index (χ4v) is 6.34. The van der Waals surface area contributed by atoms with Crippen LogP contribution in [0.1, 0.15) is 24.0 Å². The maximum absolute atomic E-state index is 13.9. The first-order chi connectivity index (χ1) is 22.7. The Morgan fingerprint density at radius 3 is 2.30 bits per heavy atom. The quantitative estimate of drug-likeness (QED) is 0.180. The van der Waals surface area contributed by atoms with Crippen molar-refractivity contribution in [2.45, 2.75) is 42.8 Å². The number of carbonyl (C=O) groups excluding carboxylic acids is 2. The number of hydrogen-bond donors (Lipinski definition) is 2. The Hall–Kier alpha value is -4.45. The standard InChI is InChI=1S/C35H35ClFN3O6S/c36-27-10-8-26(9-11-27)23-40(33(21-25-5-2-1-3-6-25)35(42)38-22-31-7-4-20-45-31)34(41)24-46-30-16-18-32(19-17-30)47(43,44)39-29-14-12-28(37)13-15-29/h1-3,5-6,8-19,31,33,39H,4,7,20-24H2,(H,38,42)/t31-,33+/m0/s1. The van der Waals surface area contributed by atoms with Crippen molar-refractivity contribution in [1.82, 2.24) is 10.2 Å². The van der Waals surface area contributed by atoms with Gasteiger partial charge in [0.15, 0.2) is 6.61 Å². The smallest absolute Gasteiger partial charge is 0.261 e. The van der Waals surface area contributed by atoms with Gasteiger partial charge in [-0.25, -0.2) is 12.8 Å². The highest BCUT2D eigenvalue weighted by Gasteiger charge is 2.31. The summed E-state index contributed by atoms with van der Waals surface area (Å²) in [5.74, 6) is -0.980. The molecule has 2 atom stereocenters. The van der Waals surface area contributed by atoms with Gasteiger partial charge in [-0.3, -0.25) is 14.3 Å². The number of rotatable bonds is 14. The molecule has 2 amide bonds. The van der Waals surface area contributed by atoms with Gasteiger partial charge in [-0.2, -0.15) is 0 Å². The summed E-state index contributed by atoms with van der Waals surface area (Å²) in [6.45, 7) is 0.716. The molecule has 47 heavy (non-hydrogen) atoms. The van der Waals surface area contributed by atoms with Gasteiger partial charge < -0.3 is 19.7 Å². The molecule has 12 heteroatoms. The first-order valence-corrected chi connectivity index (χ1v) is 17.0. The lowest BCUT2D eigenvalue weighted by atomic mass is 10.0. The van der Waals surface area contributed by atoms with Crippen molar-refractivity contribution in [2.24, 2.45) is 0 Å². The van der Waals surface area contributed by atoms with Crippen LogP contribution in [0.25, 0.3) is 0 Å². The second-order valence-electron chi connectivity index (χ2n) is 11.1. The van der Waals surface area contributed by atoms with Gasteiger partial charge in [-0.1, -0.05) is 54.1 Å². The third-order valence-corrected chi connectivity index (χ3v) is 9.31. The minimum atomic E-state index is -3.95. The fraction of sp³-hybridized carbons (Fsp3) is 0.257. The Morgan fingerprint density at radius 2 is 1.64 bits per heavy atom. The van der Waals surface area contributed by atoms with Crippen molar-refractivity contribution in [3.8, 4) is 5.75 Å². The van der Waals surface area contributed by atoms with Crippen LogP contribution in [0, 0.1) is 5.82 Å². The number of amides is 2. The molecule has 1 aliphatic heterocycles. The van der Waals surface area contributed by atoms with Crippen LogP contribution in [0.5, 0.6) is 5.75 Å². The molecule has 1 fully saturated rings. The molecule has 0 saturated carbocycles. The minimum Gasteiger partial charge on any atom is -0.484 e. The maximum Gasteiger partial charge on any atom is 0.261 e. The second kappa shape index (κ2) is 15.9. The summed E-state index contributed by atoms with van der Waals surface area (Å²) in [7, 11) is -3.95. The van der Waals surface area contributed by atoms with Gasteiger partial charge in [0.1, 0.15) is 17.6 Å². The van der Waals surface area contributed by atoms with Crippen LogP contribution in [0.4, 0.5) is 10.1 Å². The molecule has 246 valence electrons. The first kappa shape index (κ1) is 33.9. The van der Waals surface area contributed by atoms with E-state index in [1.165, 1.54) is 41.3 Å². The Balaban J connectivity index is 1.32. The first-order valence-electron chi connectivity index (χ1n) is 15.1. The van der Waals surface area contributed by atoms with Crippen LogP contribution < -0.4 is 14.8 Å². The van der Waals surface area contributed by atoms with Gasteiger partial charge in [0.05, 0.1) is 11.0 Å². The van der Waals surface area contributed by atoms with Gasteiger partial charge in [0.2, 0.25) is 5.91 Å². The van der Waals surface area contributed by atoms with E-state index in [1.54, 1.807) is 24.3 Å². The largest absolute Gasteiger partial charge is 0.484 e. The lowest BCUT2D eigenvalue weighted by molar-refractivity contribution is -0.143. The number of benzene rings is 4. The van der Waals surface area contributed by atoms with Gasteiger partial charge in [0, 0.05) is 36.8 Å². The molecule has 0 unspecified atom stereocenters. The number of carbonyl (C=O) groups is 2. The average molecular weight is 680 g/mol. The van der Waals surface area contributed by atoms with Crippen molar-refractivity contribution in [3.63, 3.8) is 0 Å². The van der Waals surface area contributed by atoms with E-state index in [0.717, 1.165) is 36.1 Å². The molecule has 4 aromatic rings. The van der Waals surface area contributed by atoms with E-state index in [9.17, 15) is 22.4 Å². The van der Waals surface area contributed by atoms with Crippen molar-refractivity contribution in [1.29, 1.82) is 0 Å². The van der Waals surface area contributed by atoms with Gasteiger partial charge in [-0.15, -0.1) is 0 Å². The SMILES string of the molecule is O=C(NC[C@@H]1CCCO1)[C@@H](Cc1ccccc1)N(Cc1ccc(Cl)cc1)C(=O)COc1ccc(S(=O)(=O)Nc2ccc(F)cc2)cc1. The Morgan fingerprint density at radius 1 is 0.936 bits per heavy atom. The highest BCUT2D eigenvalue weighted by atomic mass is 35.5. The predicted octanol–water partition coefficient (Wildman–Crippen LogP) is 5.59. The highest BCUT2D eigenvalue weighted by molar-refractivity contribution is 7.92. The molecule has 5 rings (SSSR count). The molecule has 1 aliphatic rings. The van der Waals surface area contributed by atoms with E-state index in [0.29, 0.717) is 18.2 Å². The normalized spacial score (nSPS) is 15.1. The molecule has 1 heterocycles. The van der Waals surface area contributed by atoms with Crippen molar-refractivity contribution in [2.75, 3.05) is 24.5 Å². The summed E-state index contributed by atoms with van der Waals surface area (Å²) in [4.78, 5) is 29.1. The Kier molecular flexibility index (Phi) is 11.5. The number of ether oxygens (including phenoxy) is 2. The maximum atomic E-state index is 13.9. The number of sulfonamides is 1. The monoisotopic (exact) mass is 679 g/mol. The van der Waals surface area contributed by atoms with E-state index in [1.807, 2.05) is 30.3 Å². The Bertz CT molecular complexity index is 1740. The lowest BCUT2D eigenvalue weighted by Crippen LogP contribution is -2.52. The van der Waals surface area contributed by atoms with Crippen LogP contribution in [-0.2, 0) is 37.3 Å². The van der Waals surface area contributed by atoms with Crippen molar-refractivity contribution < 1.29 is 31.9 Å². The number of anilines is 1. The number of nitrogens with one attached hydrogen (secondary N) is 2. The van der Waals surface area contributed by atoms with Crippen molar-refractivity contribution >= 4 is 39.1 Å².